The first-order valence-electron chi connectivity index (χ1n) is 10.7. The number of fused-ring (bicyclic) bond motifs is 1. The number of benzene rings is 1. The lowest BCUT2D eigenvalue weighted by atomic mass is 9.86. The Morgan fingerprint density at radius 2 is 1.78 bits per heavy atom. The number of amides is 3. The SMILES string of the molecule is CNC(=O)C(NC(=O)c1nc(-c2ccc(C(N)=O)cc2)n2c1CN(C)CCC2)C(C)(C)C. The zero-order valence-corrected chi connectivity index (χ0v) is 19.4. The number of nitrogens with one attached hydrogen (secondary N) is 2. The maximum atomic E-state index is 13.4. The highest BCUT2D eigenvalue weighted by molar-refractivity contribution is 5.98. The summed E-state index contributed by atoms with van der Waals surface area (Å²) in [5.74, 6) is -0.477. The molecule has 1 aromatic carbocycles. The van der Waals surface area contributed by atoms with Crippen LogP contribution in [-0.4, -0.2) is 58.9 Å². The predicted molar refractivity (Wildman–Crippen MR) is 122 cm³/mol. The largest absolute Gasteiger partial charge is 0.366 e. The third-order valence-corrected chi connectivity index (χ3v) is 5.71. The number of hydrogen-bond donors (Lipinski definition) is 3. The molecule has 2 aromatic rings. The zero-order valence-electron chi connectivity index (χ0n) is 19.4. The van der Waals surface area contributed by atoms with E-state index in [9.17, 15) is 14.4 Å². The van der Waals surface area contributed by atoms with Gasteiger partial charge in [0.15, 0.2) is 5.69 Å². The van der Waals surface area contributed by atoms with Crippen LogP contribution in [0.5, 0.6) is 0 Å². The highest BCUT2D eigenvalue weighted by atomic mass is 16.2. The van der Waals surface area contributed by atoms with Crippen LogP contribution in [0.3, 0.4) is 0 Å². The van der Waals surface area contributed by atoms with Gasteiger partial charge >= 0.3 is 0 Å². The zero-order chi connectivity index (χ0) is 23.6. The van der Waals surface area contributed by atoms with Gasteiger partial charge in [0.1, 0.15) is 11.9 Å². The minimum atomic E-state index is -0.709. The van der Waals surface area contributed by atoms with Crippen molar-refractivity contribution in [1.29, 1.82) is 0 Å². The smallest absolute Gasteiger partial charge is 0.272 e. The molecule has 32 heavy (non-hydrogen) atoms. The number of nitrogens with two attached hydrogens (primary N) is 1. The molecule has 9 nitrogen and oxygen atoms in total. The van der Waals surface area contributed by atoms with Crippen LogP contribution in [0.25, 0.3) is 11.4 Å². The summed E-state index contributed by atoms with van der Waals surface area (Å²) in [5.41, 5.74) is 7.20. The van der Waals surface area contributed by atoms with E-state index in [4.69, 9.17) is 10.7 Å². The van der Waals surface area contributed by atoms with E-state index in [-0.39, 0.29) is 11.8 Å². The van der Waals surface area contributed by atoms with Gasteiger partial charge in [0.05, 0.1) is 5.69 Å². The first kappa shape index (κ1) is 23.5. The summed E-state index contributed by atoms with van der Waals surface area (Å²) in [4.78, 5) is 44.1. The van der Waals surface area contributed by atoms with E-state index in [0.29, 0.717) is 30.2 Å². The number of imidazole rings is 1. The Kier molecular flexibility index (Phi) is 6.68. The van der Waals surface area contributed by atoms with E-state index in [1.807, 2.05) is 27.8 Å². The average molecular weight is 441 g/mol. The Morgan fingerprint density at radius 3 is 2.34 bits per heavy atom. The van der Waals surface area contributed by atoms with Gasteiger partial charge in [0, 0.05) is 31.3 Å². The molecule has 0 spiro atoms. The van der Waals surface area contributed by atoms with Gasteiger partial charge in [-0.15, -0.1) is 0 Å². The quantitative estimate of drug-likeness (QED) is 0.648. The van der Waals surface area contributed by atoms with Crippen molar-refractivity contribution in [1.82, 2.24) is 25.1 Å². The van der Waals surface area contributed by atoms with Gasteiger partial charge in [0.25, 0.3) is 5.91 Å². The van der Waals surface area contributed by atoms with Crippen molar-refractivity contribution in [3.63, 3.8) is 0 Å². The molecule has 4 N–H and O–H groups in total. The summed E-state index contributed by atoms with van der Waals surface area (Å²) in [6, 6.07) is 6.17. The molecule has 0 saturated heterocycles. The van der Waals surface area contributed by atoms with E-state index in [2.05, 4.69) is 20.1 Å². The Bertz CT molecular complexity index is 1020. The molecule has 1 atom stereocenters. The molecule has 9 heteroatoms. The molecule has 2 heterocycles. The first-order valence-corrected chi connectivity index (χ1v) is 10.7. The topological polar surface area (TPSA) is 122 Å². The Balaban J connectivity index is 2.05. The fourth-order valence-corrected chi connectivity index (χ4v) is 3.93. The number of nitrogens with zero attached hydrogens (tertiary/aromatic N) is 3. The molecular formula is C23H32N6O3. The van der Waals surface area contributed by atoms with Gasteiger partial charge in [-0.1, -0.05) is 32.9 Å². The number of carbonyl (C=O) groups excluding carboxylic acids is 3. The predicted octanol–water partition coefficient (Wildman–Crippen LogP) is 1.38. The summed E-state index contributed by atoms with van der Waals surface area (Å²) in [5, 5.41) is 5.52. The molecule has 0 aliphatic carbocycles. The highest BCUT2D eigenvalue weighted by Crippen LogP contribution is 2.27. The summed E-state index contributed by atoms with van der Waals surface area (Å²) in [6.45, 7) is 7.88. The summed E-state index contributed by atoms with van der Waals surface area (Å²) >= 11 is 0. The molecule has 3 rings (SSSR count). The van der Waals surface area contributed by atoms with Crippen LogP contribution in [0.4, 0.5) is 0 Å². The standard InChI is InChI=1S/C23H32N6O3/c1-23(2,3)18(22(32)25-4)27-21(31)17-16-13-28(5)11-6-12-29(16)20(26-17)15-9-7-14(8-10-15)19(24)30/h7-10,18H,6,11-13H2,1-5H3,(H2,24,30)(H,25,32)(H,27,31). The van der Waals surface area contributed by atoms with Gasteiger partial charge in [0.2, 0.25) is 11.8 Å². The Hall–Kier alpha value is -3.20. The first-order chi connectivity index (χ1) is 15.0. The molecule has 3 amide bonds. The van der Waals surface area contributed by atoms with Gasteiger partial charge in [-0.05, 0) is 37.6 Å². The highest BCUT2D eigenvalue weighted by Gasteiger charge is 2.34. The van der Waals surface area contributed by atoms with Crippen LogP contribution in [-0.2, 0) is 17.9 Å². The molecule has 1 aliphatic heterocycles. The monoisotopic (exact) mass is 440 g/mol. The maximum Gasteiger partial charge on any atom is 0.272 e. The van der Waals surface area contributed by atoms with Crippen LogP contribution in [0.15, 0.2) is 24.3 Å². The lowest BCUT2D eigenvalue weighted by Crippen LogP contribution is -2.53. The van der Waals surface area contributed by atoms with Crippen LogP contribution < -0.4 is 16.4 Å². The fraction of sp³-hybridized carbons (Fsp3) is 0.478. The average Bonchev–Trinajstić information content (AvgIpc) is 2.97. The van der Waals surface area contributed by atoms with Crippen LogP contribution in [0, 0.1) is 5.41 Å². The van der Waals surface area contributed by atoms with E-state index >= 15 is 0 Å². The van der Waals surface area contributed by atoms with Crippen molar-refractivity contribution in [2.75, 3.05) is 20.6 Å². The molecule has 1 unspecified atom stereocenters. The Labute approximate surface area is 188 Å². The van der Waals surface area contributed by atoms with Crippen molar-refractivity contribution < 1.29 is 14.4 Å². The normalized spacial score (nSPS) is 15.4. The minimum Gasteiger partial charge on any atom is -0.366 e. The molecule has 0 fully saturated rings. The van der Waals surface area contributed by atoms with Crippen molar-refractivity contribution in [3.8, 4) is 11.4 Å². The number of primary amides is 1. The van der Waals surface area contributed by atoms with Gasteiger partial charge in [-0.25, -0.2) is 4.98 Å². The molecule has 172 valence electrons. The van der Waals surface area contributed by atoms with Gasteiger partial charge in [-0.2, -0.15) is 0 Å². The molecule has 1 aromatic heterocycles. The van der Waals surface area contributed by atoms with Crippen molar-refractivity contribution in [3.05, 3.63) is 41.2 Å². The number of hydrogen-bond acceptors (Lipinski definition) is 5. The van der Waals surface area contributed by atoms with E-state index < -0.39 is 17.4 Å². The van der Waals surface area contributed by atoms with Crippen LogP contribution >= 0.6 is 0 Å². The van der Waals surface area contributed by atoms with Crippen molar-refractivity contribution >= 4 is 17.7 Å². The van der Waals surface area contributed by atoms with E-state index in [1.165, 1.54) is 0 Å². The number of aromatic nitrogens is 2. The number of rotatable bonds is 5. The third-order valence-electron chi connectivity index (χ3n) is 5.71. The van der Waals surface area contributed by atoms with Crippen molar-refractivity contribution in [2.45, 2.75) is 46.3 Å². The lowest BCUT2D eigenvalue weighted by Gasteiger charge is -2.29. The van der Waals surface area contributed by atoms with Gasteiger partial charge < -0.3 is 25.8 Å². The van der Waals surface area contributed by atoms with Crippen LogP contribution in [0.2, 0.25) is 0 Å². The van der Waals surface area contributed by atoms with E-state index in [1.54, 1.807) is 31.3 Å². The summed E-state index contributed by atoms with van der Waals surface area (Å²) < 4.78 is 2.06. The number of carbonyl (C=O) groups is 3. The second kappa shape index (κ2) is 9.12. The van der Waals surface area contributed by atoms with Crippen LogP contribution in [0.1, 0.15) is 53.7 Å². The number of likely N-dealkylation sites (N-methyl/N-ethyl adjacent to an activating group) is 1. The fourth-order valence-electron chi connectivity index (χ4n) is 3.93. The third kappa shape index (κ3) is 4.83. The van der Waals surface area contributed by atoms with Crippen molar-refractivity contribution in [2.24, 2.45) is 11.1 Å². The lowest BCUT2D eigenvalue weighted by molar-refractivity contribution is -0.124. The molecule has 1 aliphatic rings. The Morgan fingerprint density at radius 1 is 1.12 bits per heavy atom. The maximum absolute atomic E-state index is 13.4. The second-order valence-corrected chi connectivity index (χ2v) is 9.30. The summed E-state index contributed by atoms with van der Waals surface area (Å²) in [6.07, 6.45) is 0.913. The molecular weight excluding hydrogens is 408 g/mol. The molecule has 0 saturated carbocycles. The summed E-state index contributed by atoms with van der Waals surface area (Å²) in [7, 11) is 3.56. The van der Waals surface area contributed by atoms with Gasteiger partial charge in [-0.3, -0.25) is 14.4 Å². The molecule has 0 radical (unpaired) electrons. The molecule has 0 bridgehead atoms. The van der Waals surface area contributed by atoms with E-state index in [0.717, 1.165) is 24.2 Å². The minimum absolute atomic E-state index is 0.254. The second-order valence-electron chi connectivity index (χ2n) is 9.30.